The molecule has 0 aliphatic carbocycles. The number of nitrogens with zero attached hydrogens (tertiary/aromatic N) is 5. The standard InChI is InChI=1S/C24H17ClF5N5O4/c1-4-33-18(10-39-22(37)24(28,29)30)31-34(23(33)38)17-9-12-13(8-16(17)27)21(36)35(32-19(12)11(2)3)20-14(25)6-5-7-15(20)26/h5-9H,2,4,10H2,1,3H3. The van der Waals surface area contributed by atoms with Gasteiger partial charge in [0.05, 0.1) is 16.1 Å². The molecule has 2 aromatic heterocycles. The van der Waals surface area contributed by atoms with Gasteiger partial charge in [-0.15, -0.1) is 5.10 Å². The Morgan fingerprint density at radius 1 is 1.08 bits per heavy atom. The highest BCUT2D eigenvalue weighted by Crippen LogP contribution is 2.28. The molecule has 0 amide bonds. The van der Waals surface area contributed by atoms with Crippen molar-refractivity contribution in [3.63, 3.8) is 0 Å². The quantitative estimate of drug-likeness (QED) is 0.253. The fraction of sp³-hybridized carbons (Fsp3) is 0.208. The highest BCUT2D eigenvalue weighted by molar-refractivity contribution is 6.32. The summed E-state index contributed by atoms with van der Waals surface area (Å²) in [6, 6.07) is 5.58. The predicted octanol–water partition coefficient (Wildman–Crippen LogP) is 4.32. The zero-order valence-corrected chi connectivity index (χ0v) is 20.9. The van der Waals surface area contributed by atoms with Gasteiger partial charge in [0.1, 0.15) is 17.2 Å². The van der Waals surface area contributed by atoms with Crippen LogP contribution in [0.25, 0.3) is 27.7 Å². The first-order valence-electron chi connectivity index (χ1n) is 11.1. The number of benzene rings is 2. The number of carbonyl (C=O) groups is 1. The molecule has 9 nitrogen and oxygen atoms in total. The molecule has 4 rings (SSSR count). The second-order valence-electron chi connectivity index (χ2n) is 8.19. The van der Waals surface area contributed by atoms with Crippen LogP contribution in [0.5, 0.6) is 0 Å². The Balaban J connectivity index is 1.93. The molecular formula is C24H17ClF5N5O4. The van der Waals surface area contributed by atoms with E-state index in [1.165, 1.54) is 26.0 Å². The van der Waals surface area contributed by atoms with E-state index in [4.69, 9.17) is 11.6 Å². The van der Waals surface area contributed by atoms with E-state index in [1.807, 2.05) is 0 Å². The van der Waals surface area contributed by atoms with Crippen molar-refractivity contribution < 1.29 is 31.5 Å². The van der Waals surface area contributed by atoms with Gasteiger partial charge in [-0.3, -0.25) is 9.36 Å². The summed E-state index contributed by atoms with van der Waals surface area (Å²) < 4.78 is 73.8. The number of alkyl halides is 3. The van der Waals surface area contributed by atoms with Gasteiger partial charge in [0.15, 0.2) is 18.2 Å². The number of esters is 1. The summed E-state index contributed by atoms with van der Waals surface area (Å²) in [6.45, 7) is 5.67. The molecule has 0 spiro atoms. The van der Waals surface area contributed by atoms with E-state index in [9.17, 15) is 31.9 Å². The highest BCUT2D eigenvalue weighted by Gasteiger charge is 2.41. The van der Waals surface area contributed by atoms with E-state index in [0.29, 0.717) is 9.36 Å². The molecule has 0 aliphatic heterocycles. The molecule has 0 N–H and O–H groups in total. The van der Waals surface area contributed by atoms with Crippen molar-refractivity contribution >= 4 is 33.9 Å². The van der Waals surface area contributed by atoms with Crippen LogP contribution in [0.4, 0.5) is 22.0 Å². The Labute approximate surface area is 220 Å². The molecule has 0 radical (unpaired) electrons. The number of ether oxygens (including phenoxy) is 1. The van der Waals surface area contributed by atoms with Crippen LogP contribution < -0.4 is 11.2 Å². The lowest BCUT2D eigenvalue weighted by Gasteiger charge is -2.14. The maximum atomic E-state index is 15.4. The summed E-state index contributed by atoms with van der Waals surface area (Å²) in [7, 11) is 0. The minimum atomic E-state index is -5.27. The molecule has 0 fully saturated rings. The SMILES string of the molecule is C=C(C)c1nn(-c2c(F)cccc2Cl)c(=O)c2cc(F)c(-n3nc(COC(=O)C(F)(F)F)n(CC)c3=O)cc12. The van der Waals surface area contributed by atoms with Crippen LogP contribution >= 0.6 is 11.6 Å². The van der Waals surface area contributed by atoms with Crippen molar-refractivity contribution in [1.29, 1.82) is 0 Å². The number of hydrogen-bond donors (Lipinski definition) is 0. The van der Waals surface area contributed by atoms with Crippen molar-refractivity contribution in [1.82, 2.24) is 24.1 Å². The monoisotopic (exact) mass is 569 g/mol. The summed E-state index contributed by atoms with van der Waals surface area (Å²) in [6.07, 6.45) is -5.27. The maximum absolute atomic E-state index is 15.4. The Kier molecular flexibility index (Phi) is 7.17. The minimum Gasteiger partial charge on any atom is -0.451 e. The van der Waals surface area contributed by atoms with Crippen LogP contribution in [0.1, 0.15) is 25.4 Å². The number of para-hydroxylation sites is 1. The predicted molar refractivity (Wildman–Crippen MR) is 130 cm³/mol. The van der Waals surface area contributed by atoms with E-state index in [1.54, 1.807) is 0 Å². The third-order valence-corrected chi connectivity index (χ3v) is 5.87. The molecule has 0 aliphatic rings. The Hall–Kier alpha value is -4.33. The van der Waals surface area contributed by atoms with Crippen molar-refractivity contribution in [3.05, 3.63) is 85.9 Å². The van der Waals surface area contributed by atoms with Crippen LogP contribution in [0, 0.1) is 11.6 Å². The molecule has 39 heavy (non-hydrogen) atoms. The molecule has 4 aromatic rings. The molecule has 15 heteroatoms. The number of hydrogen-bond acceptors (Lipinski definition) is 6. The first kappa shape index (κ1) is 27.7. The molecule has 0 bridgehead atoms. The smallest absolute Gasteiger partial charge is 0.451 e. The largest absolute Gasteiger partial charge is 0.490 e. The van der Waals surface area contributed by atoms with Gasteiger partial charge in [-0.25, -0.2) is 18.4 Å². The van der Waals surface area contributed by atoms with Crippen molar-refractivity contribution in [2.45, 2.75) is 33.2 Å². The van der Waals surface area contributed by atoms with Crippen molar-refractivity contribution in [2.24, 2.45) is 0 Å². The maximum Gasteiger partial charge on any atom is 0.490 e. The minimum absolute atomic E-state index is 0.0237. The summed E-state index contributed by atoms with van der Waals surface area (Å²) in [4.78, 5) is 37.3. The van der Waals surface area contributed by atoms with E-state index < -0.39 is 47.3 Å². The average molecular weight is 570 g/mol. The number of aromatic nitrogens is 5. The Morgan fingerprint density at radius 2 is 1.77 bits per heavy atom. The molecule has 204 valence electrons. The number of allylic oxidation sites excluding steroid dienone is 1. The lowest BCUT2D eigenvalue weighted by atomic mass is 10.1. The van der Waals surface area contributed by atoms with Gasteiger partial charge in [-0.2, -0.15) is 27.6 Å². The highest BCUT2D eigenvalue weighted by atomic mass is 35.5. The molecule has 0 saturated heterocycles. The van der Waals surface area contributed by atoms with Gasteiger partial charge in [-0.1, -0.05) is 24.2 Å². The van der Waals surface area contributed by atoms with Crippen LogP contribution in [0.3, 0.4) is 0 Å². The molecule has 0 saturated carbocycles. The van der Waals surface area contributed by atoms with E-state index >= 15 is 4.39 Å². The second-order valence-corrected chi connectivity index (χ2v) is 8.60. The fourth-order valence-electron chi connectivity index (χ4n) is 3.80. The average Bonchev–Trinajstić information content (AvgIpc) is 3.17. The first-order valence-corrected chi connectivity index (χ1v) is 11.4. The summed E-state index contributed by atoms with van der Waals surface area (Å²) in [5, 5.41) is 7.65. The van der Waals surface area contributed by atoms with E-state index in [0.717, 1.165) is 22.8 Å². The van der Waals surface area contributed by atoms with Crippen LogP contribution in [0.15, 0.2) is 46.5 Å². The molecule has 0 atom stereocenters. The number of halogens is 6. The third kappa shape index (κ3) is 4.94. The summed E-state index contributed by atoms with van der Waals surface area (Å²) >= 11 is 6.10. The van der Waals surface area contributed by atoms with Gasteiger partial charge >= 0.3 is 17.8 Å². The molecule has 2 aromatic carbocycles. The normalized spacial score (nSPS) is 11.7. The van der Waals surface area contributed by atoms with Crippen LogP contribution in [-0.2, 0) is 22.7 Å². The van der Waals surface area contributed by atoms with Gasteiger partial charge in [0.25, 0.3) is 5.56 Å². The molecular weight excluding hydrogens is 553 g/mol. The zero-order chi connectivity index (χ0) is 28.8. The first-order chi connectivity index (χ1) is 18.3. The Morgan fingerprint density at radius 3 is 2.36 bits per heavy atom. The van der Waals surface area contributed by atoms with Gasteiger partial charge in [0, 0.05) is 11.9 Å². The van der Waals surface area contributed by atoms with Crippen LogP contribution in [0.2, 0.25) is 5.02 Å². The van der Waals surface area contributed by atoms with Crippen molar-refractivity contribution in [3.8, 4) is 11.4 Å². The number of carbonyl (C=O) groups excluding carboxylic acids is 1. The fourth-order valence-corrected chi connectivity index (χ4v) is 4.04. The topological polar surface area (TPSA) is 101 Å². The number of rotatable bonds is 6. The zero-order valence-electron chi connectivity index (χ0n) is 20.1. The van der Waals surface area contributed by atoms with Gasteiger partial charge in [0.2, 0.25) is 0 Å². The summed E-state index contributed by atoms with van der Waals surface area (Å²) in [5.41, 5.74) is -2.41. The molecule has 0 unspecified atom stereocenters. The van der Waals surface area contributed by atoms with E-state index in [2.05, 4.69) is 21.5 Å². The van der Waals surface area contributed by atoms with Crippen molar-refractivity contribution in [2.75, 3.05) is 0 Å². The van der Waals surface area contributed by atoms with Gasteiger partial charge in [-0.05, 0) is 43.7 Å². The lowest BCUT2D eigenvalue weighted by molar-refractivity contribution is -0.201. The third-order valence-electron chi connectivity index (χ3n) is 5.57. The Bertz CT molecular complexity index is 1750. The second kappa shape index (κ2) is 10.1. The lowest BCUT2D eigenvalue weighted by Crippen LogP contribution is -2.27. The molecule has 2 heterocycles. The van der Waals surface area contributed by atoms with Crippen LogP contribution in [-0.4, -0.2) is 36.3 Å². The van der Waals surface area contributed by atoms with E-state index in [-0.39, 0.29) is 45.1 Å². The summed E-state index contributed by atoms with van der Waals surface area (Å²) in [5.74, 6) is -4.86. The number of fused-ring (bicyclic) bond motifs is 1. The van der Waals surface area contributed by atoms with Gasteiger partial charge < -0.3 is 4.74 Å².